The predicted molar refractivity (Wildman–Crippen MR) is 244 cm³/mol. The molecule has 1 aliphatic carbocycles. The highest BCUT2D eigenvalue weighted by atomic mass is 14.4. The highest BCUT2D eigenvalue weighted by Crippen LogP contribution is 2.54. The van der Waals surface area contributed by atoms with E-state index in [4.69, 9.17) is 0 Å². The molecule has 0 bridgehead atoms. The van der Waals surface area contributed by atoms with Gasteiger partial charge in [0, 0.05) is 5.41 Å². The van der Waals surface area contributed by atoms with Gasteiger partial charge in [0.25, 0.3) is 0 Å². The first-order valence-corrected chi connectivity index (χ1v) is 20.0. The van der Waals surface area contributed by atoms with Crippen LogP contribution in [0.4, 0.5) is 0 Å². The number of hydrogen-bond acceptors (Lipinski definition) is 0. The molecule has 0 spiro atoms. The Hall–Kier alpha value is -7.02. The van der Waals surface area contributed by atoms with Crippen LogP contribution in [-0.2, 0) is 5.41 Å². The minimum atomic E-state index is -0.205. The van der Waals surface area contributed by atoms with Gasteiger partial charge in [-0.2, -0.15) is 0 Å². The molecular formula is C57H40. The fourth-order valence-electron chi connectivity index (χ4n) is 9.42. The molecule has 268 valence electrons. The van der Waals surface area contributed by atoms with E-state index in [-0.39, 0.29) is 5.41 Å². The van der Waals surface area contributed by atoms with Gasteiger partial charge in [-0.3, -0.25) is 0 Å². The lowest BCUT2D eigenvalue weighted by Gasteiger charge is -2.23. The van der Waals surface area contributed by atoms with E-state index in [0.717, 1.165) is 0 Å². The van der Waals surface area contributed by atoms with Crippen LogP contribution in [0.15, 0.2) is 206 Å². The molecule has 0 amide bonds. The van der Waals surface area contributed by atoms with Gasteiger partial charge >= 0.3 is 0 Å². The van der Waals surface area contributed by atoms with Gasteiger partial charge in [0.05, 0.1) is 0 Å². The molecule has 10 aromatic rings. The van der Waals surface area contributed by atoms with Gasteiger partial charge in [-0.15, -0.1) is 0 Å². The number of benzene rings is 10. The zero-order valence-electron chi connectivity index (χ0n) is 32.1. The summed E-state index contributed by atoms with van der Waals surface area (Å²) in [4.78, 5) is 0. The second-order valence-corrected chi connectivity index (χ2v) is 16.1. The maximum absolute atomic E-state index is 2.49. The normalized spacial score (nSPS) is 12.9. The van der Waals surface area contributed by atoms with Crippen molar-refractivity contribution in [2.24, 2.45) is 0 Å². The molecule has 0 radical (unpaired) electrons. The second-order valence-electron chi connectivity index (χ2n) is 16.1. The Labute approximate surface area is 334 Å². The molecular weight excluding hydrogens is 685 g/mol. The smallest absolute Gasteiger partial charge is 0.0159 e. The van der Waals surface area contributed by atoms with Crippen molar-refractivity contribution >= 4 is 32.3 Å². The molecule has 0 fully saturated rings. The SMILES string of the molecule is CC1(C)c2cc(-c3cccc(-c4ccccc4)c3)cc3c4ccc(-c5cccc(-c6ccccc6)c5)cc4c4cc(-c5cccc(-c6ccccc6)c5)cc1c4c23. The van der Waals surface area contributed by atoms with Crippen molar-refractivity contribution in [3.63, 3.8) is 0 Å². The lowest BCUT2D eigenvalue weighted by molar-refractivity contribution is 0.663. The molecule has 0 heterocycles. The van der Waals surface area contributed by atoms with Crippen LogP contribution >= 0.6 is 0 Å². The maximum atomic E-state index is 2.49. The monoisotopic (exact) mass is 724 g/mol. The average molecular weight is 725 g/mol. The van der Waals surface area contributed by atoms with Crippen LogP contribution < -0.4 is 0 Å². The summed E-state index contributed by atoms with van der Waals surface area (Å²) in [7, 11) is 0. The van der Waals surface area contributed by atoms with E-state index < -0.39 is 0 Å². The first kappa shape index (κ1) is 33.3. The molecule has 0 nitrogen and oxygen atoms in total. The summed E-state index contributed by atoms with van der Waals surface area (Å²) in [6, 6.07) is 76.3. The summed E-state index contributed by atoms with van der Waals surface area (Å²) in [5.41, 5.74) is 17.4. The van der Waals surface area contributed by atoms with E-state index in [9.17, 15) is 0 Å². The lowest BCUT2D eigenvalue weighted by atomic mass is 9.80. The van der Waals surface area contributed by atoms with E-state index >= 15 is 0 Å². The summed E-state index contributed by atoms with van der Waals surface area (Å²) in [6.07, 6.45) is 0. The molecule has 0 aliphatic heterocycles. The minimum absolute atomic E-state index is 0.205. The van der Waals surface area contributed by atoms with E-state index in [1.54, 1.807) is 0 Å². The van der Waals surface area contributed by atoms with Crippen LogP contribution in [0.25, 0.3) is 99.1 Å². The highest BCUT2D eigenvalue weighted by molar-refractivity contribution is 6.30. The van der Waals surface area contributed by atoms with Crippen molar-refractivity contribution in [1.29, 1.82) is 0 Å². The predicted octanol–water partition coefficient (Wildman–Crippen LogP) is 15.8. The van der Waals surface area contributed by atoms with Gasteiger partial charge in [-0.25, -0.2) is 0 Å². The third-order valence-corrected chi connectivity index (χ3v) is 12.4. The van der Waals surface area contributed by atoms with Crippen LogP contribution in [0.1, 0.15) is 25.0 Å². The zero-order valence-corrected chi connectivity index (χ0v) is 32.1. The van der Waals surface area contributed by atoms with Crippen LogP contribution in [-0.4, -0.2) is 0 Å². The summed E-state index contributed by atoms with van der Waals surface area (Å²) in [6.45, 7) is 4.85. The first-order valence-electron chi connectivity index (χ1n) is 20.0. The number of fused-ring (bicyclic) bond motifs is 3. The molecule has 0 unspecified atom stereocenters. The molecule has 57 heavy (non-hydrogen) atoms. The van der Waals surface area contributed by atoms with Crippen LogP contribution in [0.5, 0.6) is 0 Å². The van der Waals surface area contributed by atoms with Crippen molar-refractivity contribution in [2.75, 3.05) is 0 Å². The second kappa shape index (κ2) is 13.0. The average Bonchev–Trinajstić information content (AvgIpc) is 3.52. The van der Waals surface area contributed by atoms with Gasteiger partial charge in [0.15, 0.2) is 0 Å². The van der Waals surface area contributed by atoms with Crippen molar-refractivity contribution < 1.29 is 0 Å². The fourth-order valence-corrected chi connectivity index (χ4v) is 9.42. The Balaban J connectivity index is 1.17. The molecule has 0 saturated heterocycles. The Morgan fingerprint density at radius 1 is 0.228 bits per heavy atom. The summed E-state index contributed by atoms with van der Waals surface area (Å²) < 4.78 is 0. The van der Waals surface area contributed by atoms with Gasteiger partial charge < -0.3 is 0 Å². The fraction of sp³-hybridized carbons (Fsp3) is 0.0526. The summed E-state index contributed by atoms with van der Waals surface area (Å²) in [5.74, 6) is 0. The molecule has 0 heteroatoms. The third-order valence-electron chi connectivity index (χ3n) is 12.4. The number of hydrogen-bond donors (Lipinski definition) is 0. The van der Waals surface area contributed by atoms with Crippen LogP contribution in [0.2, 0.25) is 0 Å². The maximum Gasteiger partial charge on any atom is 0.0159 e. The minimum Gasteiger partial charge on any atom is -0.0622 e. The van der Waals surface area contributed by atoms with Gasteiger partial charge in [0.2, 0.25) is 0 Å². The van der Waals surface area contributed by atoms with E-state index in [1.165, 1.54) is 110 Å². The summed E-state index contributed by atoms with van der Waals surface area (Å²) >= 11 is 0. The van der Waals surface area contributed by atoms with E-state index in [1.807, 2.05) is 0 Å². The van der Waals surface area contributed by atoms with Crippen molar-refractivity contribution in [3.05, 3.63) is 217 Å². The lowest BCUT2D eigenvalue weighted by Crippen LogP contribution is -2.15. The van der Waals surface area contributed by atoms with Gasteiger partial charge in [-0.1, -0.05) is 172 Å². The quantitative estimate of drug-likeness (QED) is 0.150. The van der Waals surface area contributed by atoms with Crippen LogP contribution in [0.3, 0.4) is 0 Å². The van der Waals surface area contributed by atoms with Gasteiger partial charge in [0.1, 0.15) is 0 Å². The molecule has 11 rings (SSSR count). The first-order chi connectivity index (χ1) is 28.0. The third kappa shape index (κ3) is 5.52. The van der Waals surface area contributed by atoms with Crippen molar-refractivity contribution in [1.82, 2.24) is 0 Å². The highest BCUT2D eigenvalue weighted by Gasteiger charge is 2.36. The largest absolute Gasteiger partial charge is 0.0622 e. The zero-order chi connectivity index (χ0) is 38.1. The Bertz CT molecular complexity index is 3170. The van der Waals surface area contributed by atoms with E-state index in [2.05, 4.69) is 220 Å². The molecule has 0 saturated carbocycles. The summed E-state index contributed by atoms with van der Waals surface area (Å²) in [5, 5.41) is 8.01. The standard InChI is InChI=1S/C57H40/c1-57(2)53-35-47(44-25-13-22-41(30-44)38-17-8-4-9-18-38)33-51-49-28-27-46(43-24-12-21-40(29-43)37-15-6-3-7-16-37)32-50(49)52-34-48(36-54(57)56(52)55(51)53)45-26-14-23-42(31-45)39-19-10-5-11-20-39/h3-36H,1-2H3. The van der Waals surface area contributed by atoms with Gasteiger partial charge in [-0.05, 0) is 159 Å². The molecule has 10 aromatic carbocycles. The number of rotatable bonds is 6. The Morgan fingerprint density at radius 2 is 0.544 bits per heavy atom. The van der Waals surface area contributed by atoms with Crippen LogP contribution in [0, 0.1) is 0 Å². The topological polar surface area (TPSA) is 0 Å². The molecule has 0 atom stereocenters. The van der Waals surface area contributed by atoms with E-state index in [0.29, 0.717) is 0 Å². The Kier molecular flexibility index (Phi) is 7.63. The molecule has 1 aliphatic rings. The van der Waals surface area contributed by atoms with Crippen molar-refractivity contribution in [3.8, 4) is 66.8 Å². The Morgan fingerprint density at radius 3 is 0.965 bits per heavy atom. The molecule has 0 aromatic heterocycles. The molecule has 0 N–H and O–H groups in total. The van der Waals surface area contributed by atoms with Crippen molar-refractivity contribution in [2.45, 2.75) is 19.3 Å².